The number of likely N-dealkylation sites (tertiary alicyclic amines) is 1. The van der Waals surface area contributed by atoms with Gasteiger partial charge in [0.2, 0.25) is 11.8 Å². The van der Waals surface area contributed by atoms with Crippen molar-refractivity contribution in [3.8, 4) is 11.8 Å². The third-order valence-electron chi connectivity index (χ3n) is 3.08. The Labute approximate surface area is 116 Å². The molecule has 1 aromatic rings. The van der Waals surface area contributed by atoms with Crippen LogP contribution >= 0.6 is 0 Å². The summed E-state index contributed by atoms with van der Waals surface area (Å²) in [7, 11) is 0. The van der Waals surface area contributed by atoms with E-state index in [4.69, 9.17) is 5.11 Å². The highest BCUT2D eigenvalue weighted by molar-refractivity contribution is 5.97. The molecule has 0 spiro atoms. The zero-order valence-corrected chi connectivity index (χ0v) is 10.9. The molecule has 1 aliphatic heterocycles. The van der Waals surface area contributed by atoms with Gasteiger partial charge in [0.25, 0.3) is 0 Å². The zero-order valence-electron chi connectivity index (χ0n) is 10.9. The molecule has 1 saturated heterocycles. The Morgan fingerprint density at radius 1 is 1.25 bits per heavy atom. The quantitative estimate of drug-likeness (QED) is 0.652. The van der Waals surface area contributed by atoms with Crippen molar-refractivity contribution in [2.24, 2.45) is 0 Å². The fourth-order valence-electron chi connectivity index (χ4n) is 2.04. The zero-order chi connectivity index (χ0) is 14.5. The predicted octanol–water partition coefficient (Wildman–Crippen LogP) is 1.21. The van der Waals surface area contributed by atoms with Crippen LogP contribution in [0.3, 0.4) is 0 Å². The van der Waals surface area contributed by atoms with Gasteiger partial charge in [-0.05, 0) is 18.6 Å². The number of halogens is 1. The maximum atomic E-state index is 13.9. The van der Waals surface area contributed by atoms with Gasteiger partial charge >= 0.3 is 0 Å². The molecule has 1 aliphatic rings. The summed E-state index contributed by atoms with van der Waals surface area (Å²) in [6, 6.07) is 4.34. The SMILES string of the molecule is O=C1CCCC(=O)N1Cc1ccc(C#CCO)cc1F. The summed E-state index contributed by atoms with van der Waals surface area (Å²) in [5, 5.41) is 8.58. The highest BCUT2D eigenvalue weighted by Gasteiger charge is 2.26. The van der Waals surface area contributed by atoms with Crippen molar-refractivity contribution >= 4 is 11.8 Å². The number of aliphatic hydroxyl groups is 1. The number of imide groups is 1. The Bertz CT molecular complexity index is 585. The molecule has 0 aliphatic carbocycles. The normalized spacial score (nSPS) is 15.0. The number of carbonyl (C=O) groups is 2. The number of piperidine rings is 1. The summed E-state index contributed by atoms with van der Waals surface area (Å²) in [5.41, 5.74) is 0.722. The van der Waals surface area contributed by atoms with Crippen molar-refractivity contribution in [2.75, 3.05) is 6.61 Å². The topological polar surface area (TPSA) is 57.6 Å². The number of nitrogens with zero attached hydrogens (tertiary/aromatic N) is 1. The second-order valence-corrected chi connectivity index (χ2v) is 4.49. The van der Waals surface area contributed by atoms with E-state index in [1.807, 2.05) is 0 Å². The van der Waals surface area contributed by atoms with Crippen LogP contribution < -0.4 is 0 Å². The molecule has 2 rings (SSSR count). The first-order valence-electron chi connectivity index (χ1n) is 6.33. The van der Waals surface area contributed by atoms with Crippen molar-refractivity contribution in [1.82, 2.24) is 4.90 Å². The number of hydrogen-bond donors (Lipinski definition) is 1. The molecule has 1 fully saturated rings. The molecule has 1 aromatic carbocycles. The molecule has 5 heteroatoms. The lowest BCUT2D eigenvalue weighted by molar-refractivity contribution is -0.148. The van der Waals surface area contributed by atoms with Gasteiger partial charge in [-0.15, -0.1) is 0 Å². The highest BCUT2D eigenvalue weighted by Crippen LogP contribution is 2.18. The van der Waals surface area contributed by atoms with Gasteiger partial charge in [-0.1, -0.05) is 17.9 Å². The van der Waals surface area contributed by atoms with E-state index in [9.17, 15) is 14.0 Å². The summed E-state index contributed by atoms with van der Waals surface area (Å²) in [5.74, 6) is 3.99. The fraction of sp³-hybridized carbons (Fsp3) is 0.333. The molecular formula is C15H14FNO3. The van der Waals surface area contributed by atoms with Gasteiger partial charge in [-0.2, -0.15) is 0 Å². The Morgan fingerprint density at radius 3 is 2.55 bits per heavy atom. The van der Waals surface area contributed by atoms with Crippen LogP contribution in [0.15, 0.2) is 18.2 Å². The third-order valence-corrected chi connectivity index (χ3v) is 3.08. The number of hydrogen-bond acceptors (Lipinski definition) is 3. The summed E-state index contributed by atoms with van der Waals surface area (Å²) >= 11 is 0. The maximum Gasteiger partial charge on any atom is 0.229 e. The molecular weight excluding hydrogens is 261 g/mol. The number of amides is 2. The van der Waals surface area contributed by atoms with Crippen molar-refractivity contribution in [2.45, 2.75) is 25.8 Å². The molecule has 4 nitrogen and oxygen atoms in total. The average molecular weight is 275 g/mol. The van der Waals surface area contributed by atoms with Crippen LogP contribution in [0.5, 0.6) is 0 Å². The third kappa shape index (κ3) is 3.22. The molecule has 20 heavy (non-hydrogen) atoms. The van der Waals surface area contributed by atoms with Gasteiger partial charge in [0.05, 0.1) is 6.54 Å². The Balaban J connectivity index is 2.17. The van der Waals surface area contributed by atoms with Crippen LogP contribution in [-0.2, 0) is 16.1 Å². The minimum Gasteiger partial charge on any atom is -0.384 e. The minimum atomic E-state index is -0.513. The molecule has 0 radical (unpaired) electrons. The van der Waals surface area contributed by atoms with E-state index in [0.717, 1.165) is 4.90 Å². The molecule has 0 aromatic heterocycles. The number of aliphatic hydroxyl groups excluding tert-OH is 1. The second kappa shape index (κ2) is 6.31. The Morgan fingerprint density at radius 2 is 1.95 bits per heavy atom. The van der Waals surface area contributed by atoms with E-state index in [1.54, 1.807) is 6.07 Å². The lowest BCUT2D eigenvalue weighted by Gasteiger charge is -2.25. The Hall–Kier alpha value is -2.19. The van der Waals surface area contributed by atoms with Crippen LogP contribution in [0.2, 0.25) is 0 Å². The lowest BCUT2D eigenvalue weighted by atomic mass is 10.1. The lowest BCUT2D eigenvalue weighted by Crippen LogP contribution is -2.39. The molecule has 1 heterocycles. The van der Waals surface area contributed by atoms with Crippen molar-refractivity contribution < 1.29 is 19.1 Å². The monoisotopic (exact) mass is 275 g/mol. The number of benzene rings is 1. The molecule has 2 amide bonds. The molecule has 0 unspecified atom stereocenters. The maximum absolute atomic E-state index is 13.9. The van der Waals surface area contributed by atoms with E-state index < -0.39 is 5.82 Å². The summed E-state index contributed by atoms with van der Waals surface area (Å²) in [6.07, 6.45) is 1.22. The van der Waals surface area contributed by atoms with Gasteiger partial charge < -0.3 is 5.11 Å². The van der Waals surface area contributed by atoms with Gasteiger partial charge in [-0.3, -0.25) is 14.5 Å². The van der Waals surface area contributed by atoms with E-state index in [2.05, 4.69) is 11.8 Å². The van der Waals surface area contributed by atoms with Crippen molar-refractivity contribution in [1.29, 1.82) is 0 Å². The summed E-state index contributed by atoms with van der Waals surface area (Å²) < 4.78 is 13.9. The second-order valence-electron chi connectivity index (χ2n) is 4.49. The number of carbonyl (C=O) groups excluding carboxylic acids is 2. The van der Waals surface area contributed by atoms with Crippen LogP contribution in [0, 0.1) is 17.7 Å². The molecule has 0 atom stereocenters. The van der Waals surface area contributed by atoms with E-state index in [0.29, 0.717) is 24.8 Å². The smallest absolute Gasteiger partial charge is 0.229 e. The first kappa shape index (κ1) is 14.2. The predicted molar refractivity (Wildman–Crippen MR) is 69.8 cm³/mol. The largest absolute Gasteiger partial charge is 0.384 e. The highest BCUT2D eigenvalue weighted by atomic mass is 19.1. The summed E-state index contributed by atoms with van der Waals surface area (Å²) in [4.78, 5) is 24.4. The molecule has 0 bridgehead atoms. The molecule has 104 valence electrons. The Kier molecular flexibility index (Phi) is 4.49. The van der Waals surface area contributed by atoms with E-state index in [1.165, 1.54) is 12.1 Å². The average Bonchev–Trinajstić information content (AvgIpc) is 2.42. The minimum absolute atomic E-state index is 0.0444. The van der Waals surface area contributed by atoms with Gasteiger partial charge in [-0.25, -0.2) is 4.39 Å². The van der Waals surface area contributed by atoms with Crippen molar-refractivity contribution in [3.05, 3.63) is 35.1 Å². The van der Waals surface area contributed by atoms with Crippen LogP contribution in [0.1, 0.15) is 30.4 Å². The first-order chi connectivity index (χ1) is 9.61. The van der Waals surface area contributed by atoms with Gasteiger partial charge in [0.1, 0.15) is 12.4 Å². The fourth-order valence-corrected chi connectivity index (χ4v) is 2.04. The van der Waals surface area contributed by atoms with Crippen LogP contribution in [-0.4, -0.2) is 28.4 Å². The standard InChI is InChI=1S/C15H14FNO3/c16-13-9-11(3-2-8-18)6-7-12(13)10-17-14(19)4-1-5-15(17)20/h6-7,9,18H,1,4-5,8,10H2. The van der Waals surface area contributed by atoms with Gasteiger partial charge in [0.15, 0.2) is 0 Å². The van der Waals surface area contributed by atoms with Crippen LogP contribution in [0.25, 0.3) is 0 Å². The molecule has 1 N–H and O–H groups in total. The summed E-state index contributed by atoms with van der Waals surface area (Å²) in [6.45, 7) is -0.336. The number of rotatable bonds is 2. The first-order valence-corrected chi connectivity index (χ1v) is 6.33. The van der Waals surface area contributed by atoms with Gasteiger partial charge in [0, 0.05) is 24.0 Å². The molecule has 0 saturated carbocycles. The van der Waals surface area contributed by atoms with E-state index >= 15 is 0 Å². The van der Waals surface area contributed by atoms with Crippen LogP contribution in [0.4, 0.5) is 4.39 Å². The van der Waals surface area contributed by atoms with Crippen molar-refractivity contribution in [3.63, 3.8) is 0 Å². The van der Waals surface area contributed by atoms with E-state index in [-0.39, 0.29) is 30.5 Å².